The van der Waals surface area contributed by atoms with E-state index < -0.39 is 23.3 Å². The van der Waals surface area contributed by atoms with Crippen molar-refractivity contribution in [3.05, 3.63) is 40.4 Å². The van der Waals surface area contributed by atoms with Crippen molar-refractivity contribution in [2.75, 3.05) is 5.32 Å². The first-order valence-electron chi connectivity index (χ1n) is 4.95. The predicted octanol–water partition coefficient (Wildman–Crippen LogP) is 1.63. The van der Waals surface area contributed by atoms with Gasteiger partial charge in [0.25, 0.3) is 5.56 Å². The van der Waals surface area contributed by atoms with Crippen molar-refractivity contribution in [3.63, 3.8) is 0 Å². The lowest BCUT2D eigenvalue weighted by molar-refractivity contribution is -0.141. The van der Waals surface area contributed by atoms with Gasteiger partial charge in [-0.15, -0.1) is 0 Å². The summed E-state index contributed by atoms with van der Waals surface area (Å²) in [6.45, 7) is 0. The maximum Gasteiger partial charge on any atom is 0.433 e. The molecule has 6 nitrogen and oxygen atoms in total. The molecule has 2 rings (SSSR count). The van der Waals surface area contributed by atoms with Crippen LogP contribution in [0.1, 0.15) is 5.69 Å². The summed E-state index contributed by atoms with van der Waals surface area (Å²) >= 11 is 0. The lowest BCUT2D eigenvalue weighted by atomic mass is 10.3. The van der Waals surface area contributed by atoms with Gasteiger partial charge in [-0.05, 0) is 12.1 Å². The van der Waals surface area contributed by atoms with Crippen LogP contribution in [-0.2, 0) is 6.18 Å². The third-order valence-electron chi connectivity index (χ3n) is 2.04. The third kappa shape index (κ3) is 3.21. The maximum absolute atomic E-state index is 12.4. The summed E-state index contributed by atoms with van der Waals surface area (Å²) in [7, 11) is 0. The van der Waals surface area contributed by atoms with E-state index in [9.17, 15) is 18.0 Å². The van der Waals surface area contributed by atoms with Gasteiger partial charge in [-0.2, -0.15) is 18.2 Å². The minimum Gasteiger partial charge on any atom is -0.493 e. The second-order valence-corrected chi connectivity index (χ2v) is 3.50. The summed E-state index contributed by atoms with van der Waals surface area (Å²) in [5.74, 6) is -0.722. The number of aromatic hydroxyl groups is 1. The van der Waals surface area contributed by atoms with E-state index in [2.05, 4.69) is 20.3 Å². The number of rotatable bonds is 2. The molecule has 2 aromatic heterocycles. The van der Waals surface area contributed by atoms with Crippen molar-refractivity contribution in [3.8, 4) is 5.88 Å². The summed E-state index contributed by atoms with van der Waals surface area (Å²) in [6, 6.07) is 2.85. The molecular weight excluding hydrogens is 265 g/mol. The molecule has 9 heteroatoms. The minimum atomic E-state index is -4.57. The van der Waals surface area contributed by atoms with Crippen molar-refractivity contribution < 1.29 is 18.3 Å². The number of H-pyrrole nitrogens is 1. The summed E-state index contributed by atoms with van der Waals surface area (Å²) in [6.07, 6.45) is -3.61. The highest BCUT2D eigenvalue weighted by molar-refractivity contribution is 5.53. The van der Waals surface area contributed by atoms with Gasteiger partial charge >= 0.3 is 6.18 Å². The van der Waals surface area contributed by atoms with Crippen LogP contribution in [0.3, 0.4) is 0 Å². The zero-order chi connectivity index (χ0) is 14.0. The van der Waals surface area contributed by atoms with Crippen molar-refractivity contribution in [1.29, 1.82) is 0 Å². The van der Waals surface area contributed by atoms with Crippen LogP contribution >= 0.6 is 0 Å². The Bertz CT molecular complexity index is 654. The average molecular weight is 272 g/mol. The van der Waals surface area contributed by atoms with Crippen molar-refractivity contribution in [2.24, 2.45) is 0 Å². The van der Waals surface area contributed by atoms with Gasteiger partial charge in [0.05, 0.1) is 6.07 Å². The number of anilines is 2. The van der Waals surface area contributed by atoms with Gasteiger partial charge < -0.3 is 10.4 Å². The average Bonchev–Trinajstić information content (AvgIpc) is 2.26. The molecular formula is C10H7F3N4O2. The zero-order valence-electron chi connectivity index (χ0n) is 9.19. The molecule has 0 atom stereocenters. The molecule has 0 unspecified atom stereocenters. The number of alkyl halides is 3. The fourth-order valence-corrected chi connectivity index (χ4v) is 1.30. The molecule has 3 N–H and O–H groups in total. The lowest BCUT2D eigenvalue weighted by Crippen LogP contribution is -2.10. The van der Waals surface area contributed by atoms with Crippen LogP contribution in [0.25, 0.3) is 0 Å². The van der Waals surface area contributed by atoms with Crippen LogP contribution in [-0.4, -0.2) is 20.1 Å². The van der Waals surface area contributed by atoms with E-state index in [1.54, 1.807) is 0 Å². The summed E-state index contributed by atoms with van der Waals surface area (Å²) in [5, 5.41) is 11.5. The molecule has 0 aliphatic rings. The number of aromatic nitrogens is 3. The highest BCUT2D eigenvalue weighted by atomic mass is 19.4. The molecule has 100 valence electrons. The number of halogens is 3. The van der Waals surface area contributed by atoms with E-state index in [1.165, 1.54) is 6.07 Å². The molecule has 0 saturated carbocycles. The van der Waals surface area contributed by atoms with E-state index in [0.29, 0.717) is 0 Å². The summed E-state index contributed by atoms with van der Waals surface area (Å²) in [5.41, 5.74) is -1.70. The number of nitrogens with zero attached hydrogens (tertiary/aromatic N) is 2. The standard InChI is InChI=1S/C10H7F3N4O2/c11-10(12,13)6-3-5(1-2-14-6)15-9-16-7(18)4-8(19)17-9/h1-4H,(H3,14,15,16,17,18,19). The lowest BCUT2D eigenvalue weighted by Gasteiger charge is -2.09. The quantitative estimate of drug-likeness (QED) is 0.773. The van der Waals surface area contributed by atoms with Crippen LogP contribution < -0.4 is 10.9 Å². The van der Waals surface area contributed by atoms with Crippen LogP contribution in [0.5, 0.6) is 5.88 Å². The Morgan fingerprint density at radius 2 is 2.05 bits per heavy atom. The fraction of sp³-hybridized carbons (Fsp3) is 0.100. The van der Waals surface area contributed by atoms with Gasteiger partial charge in [0.1, 0.15) is 5.69 Å². The van der Waals surface area contributed by atoms with Gasteiger partial charge in [0.2, 0.25) is 11.8 Å². The smallest absolute Gasteiger partial charge is 0.433 e. The monoisotopic (exact) mass is 272 g/mol. The minimum absolute atomic E-state index is 0.0241. The van der Waals surface area contributed by atoms with E-state index in [0.717, 1.165) is 18.3 Å². The Morgan fingerprint density at radius 1 is 1.32 bits per heavy atom. The van der Waals surface area contributed by atoms with Crippen LogP contribution in [0, 0.1) is 0 Å². The zero-order valence-corrected chi connectivity index (χ0v) is 9.19. The van der Waals surface area contributed by atoms with Gasteiger partial charge in [0.15, 0.2) is 0 Å². The van der Waals surface area contributed by atoms with E-state index >= 15 is 0 Å². The largest absolute Gasteiger partial charge is 0.493 e. The highest BCUT2D eigenvalue weighted by Crippen LogP contribution is 2.29. The first kappa shape index (κ1) is 12.9. The molecule has 2 aromatic rings. The van der Waals surface area contributed by atoms with Gasteiger partial charge in [-0.1, -0.05) is 0 Å². The third-order valence-corrected chi connectivity index (χ3v) is 2.04. The molecule has 0 aliphatic heterocycles. The van der Waals surface area contributed by atoms with E-state index in [4.69, 9.17) is 5.11 Å². The van der Waals surface area contributed by atoms with Gasteiger partial charge in [-0.25, -0.2) is 0 Å². The number of hydrogen-bond donors (Lipinski definition) is 3. The summed E-state index contributed by atoms with van der Waals surface area (Å²) < 4.78 is 37.3. The molecule has 0 radical (unpaired) electrons. The molecule has 0 amide bonds. The number of hydrogen-bond acceptors (Lipinski definition) is 5. The molecule has 0 bridgehead atoms. The Hall–Kier alpha value is -2.58. The first-order chi connectivity index (χ1) is 8.84. The molecule has 0 spiro atoms. The molecule has 19 heavy (non-hydrogen) atoms. The predicted molar refractivity (Wildman–Crippen MR) is 59.0 cm³/mol. The summed E-state index contributed by atoms with van der Waals surface area (Å²) in [4.78, 5) is 19.9. The maximum atomic E-state index is 12.4. The van der Waals surface area contributed by atoms with Crippen LogP contribution in [0.4, 0.5) is 24.8 Å². The SMILES string of the molecule is O=c1cc(O)nc(Nc2ccnc(C(F)(F)F)c2)[nH]1. The molecule has 0 aliphatic carbocycles. The number of aromatic amines is 1. The van der Waals surface area contributed by atoms with Crippen molar-refractivity contribution in [2.45, 2.75) is 6.18 Å². The second kappa shape index (κ2) is 4.59. The number of nitrogens with one attached hydrogen (secondary N) is 2. The van der Waals surface area contributed by atoms with Crippen molar-refractivity contribution >= 4 is 11.6 Å². The normalized spacial score (nSPS) is 11.3. The Balaban J connectivity index is 2.31. The Labute approximate surface area is 104 Å². The van der Waals surface area contributed by atoms with Gasteiger partial charge in [0, 0.05) is 11.9 Å². The van der Waals surface area contributed by atoms with E-state index in [-0.39, 0.29) is 11.6 Å². The Morgan fingerprint density at radius 3 is 2.68 bits per heavy atom. The second-order valence-electron chi connectivity index (χ2n) is 3.50. The first-order valence-corrected chi connectivity index (χ1v) is 4.95. The van der Waals surface area contributed by atoms with E-state index in [1.807, 2.05) is 0 Å². The Kier molecular flexibility index (Phi) is 3.11. The topological polar surface area (TPSA) is 90.9 Å². The molecule has 0 aromatic carbocycles. The fourth-order valence-electron chi connectivity index (χ4n) is 1.30. The molecule has 0 fully saturated rings. The highest BCUT2D eigenvalue weighted by Gasteiger charge is 2.32. The molecule has 2 heterocycles. The van der Waals surface area contributed by atoms with Crippen LogP contribution in [0.15, 0.2) is 29.2 Å². The van der Waals surface area contributed by atoms with Crippen LogP contribution in [0.2, 0.25) is 0 Å². The van der Waals surface area contributed by atoms with Crippen molar-refractivity contribution in [1.82, 2.24) is 15.0 Å². The molecule has 0 saturated heterocycles. The van der Waals surface area contributed by atoms with Gasteiger partial charge in [-0.3, -0.25) is 14.8 Å². The number of pyridine rings is 1.